The zero-order chi connectivity index (χ0) is 15.1. The molecule has 1 aromatic rings. The number of nitrogens with one attached hydrogen (secondary N) is 1. The van der Waals surface area contributed by atoms with Crippen molar-refractivity contribution < 1.29 is 0 Å². The van der Waals surface area contributed by atoms with Crippen LogP contribution in [0.5, 0.6) is 0 Å². The van der Waals surface area contributed by atoms with Gasteiger partial charge in [0.15, 0.2) is 0 Å². The van der Waals surface area contributed by atoms with Gasteiger partial charge in [0.1, 0.15) is 0 Å². The van der Waals surface area contributed by atoms with E-state index < -0.39 is 0 Å². The lowest BCUT2D eigenvalue weighted by Crippen LogP contribution is -2.42. The van der Waals surface area contributed by atoms with Crippen LogP contribution in [0.25, 0.3) is 0 Å². The number of halogens is 1. The molecular weight excluding hydrogens is 322 g/mol. The molecule has 0 aliphatic carbocycles. The molecule has 0 amide bonds. The first-order valence-electron chi connectivity index (χ1n) is 8.62. The standard InChI is InChI=1S/C19H30BrN/c1-3-4-5-6-9-12-19(2)13-14-21-15-17(19)16-10-7-8-11-18(16)20/h7-8,10-11,17,21H,3-6,9,12-15H2,1-2H3. The van der Waals surface area contributed by atoms with Gasteiger partial charge in [-0.25, -0.2) is 0 Å². The third-order valence-corrected chi connectivity index (χ3v) is 5.92. The van der Waals surface area contributed by atoms with Gasteiger partial charge in [0.25, 0.3) is 0 Å². The molecule has 2 rings (SSSR count). The monoisotopic (exact) mass is 351 g/mol. The second kappa shape index (κ2) is 8.33. The van der Waals surface area contributed by atoms with Crippen molar-refractivity contribution in [2.75, 3.05) is 13.1 Å². The Kier molecular flexibility index (Phi) is 6.75. The van der Waals surface area contributed by atoms with E-state index in [0.29, 0.717) is 11.3 Å². The Morgan fingerprint density at radius 3 is 2.71 bits per heavy atom. The Bertz CT molecular complexity index is 431. The van der Waals surface area contributed by atoms with E-state index in [1.807, 2.05) is 0 Å². The third-order valence-electron chi connectivity index (χ3n) is 5.19. The topological polar surface area (TPSA) is 12.0 Å². The maximum Gasteiger partial charge on any atom is 0.0210 e. The first-order valence-corrected chi connectivity index (χ1v) is 9.42. The van der Waals surface area contributed by atoms with Crippen molar-refractivity contribution in [1.82, 2.24) is 5.32 Å². The summed E-state index contributed by atoms with van der Waals surface area (Å²) in [6.45, 7) is 7.09. The number of benzene rings is 1. The second-order valence-corrected chi connectivity index (χ2v) is 7.70. The van der Waals surface area contributed by atoms with Crippen LogP contribution in [-0.2, 0) is 0 Å². The SMILES string of the molecule is CCCCCCCC1(C)CCNCC1c1ccccc1Br. The molecule has 0 aromatic heterocycles. The fraction of sp³-hybridized carbons (Fsp3) is 0.684. The van der Waals surface area contributed by atoms with Crippen LogP contribution in [0.4, 0.5) is 0 Å². The minimum Gasteiger partial charge on any atom is -0.316 e. The summed E-state index contributed by atoms with van der Waals surface area (Å²) in [6.07, 6.45) is 9.59. The molecule has 1 fully saturated rings. The maximum atomic E-state index is 3.76. The number of rotatable bonds is 7. The van der Waals surface area contributed by atoms with Crippen LogP contribution >= 0.6 is 15.9 Å². The van der Waals surface area contributed by atoms with E-state index in [4.69, 9.17) is 0 Å². The van der Waals surface area contributed by atoms with Crippen molar-refractivity contribution in [2.45, 2.75) is 64.7 Å². The summed E-state index contributed by atoms with van der Waals surface area (Å²) in [5.41, 5.74) is 1.93. The Labute approximate surface area is 139 Å². The Morgan fingerprint density at radius 2 is 1.95 bits per heavy atom. The molecule has 2 heteroatoms. The smallest absolute Gasteiger partial charge is 0.0210 e. The van der Waals surface area contributed by atoms with Crippen LogP contribution in [0.1, 0.15) is 70.3 Å². The van der Waals surface area contributed by atoms with Gasteiger partial charge in [-0.3, -0.25) is 0 Å². The molecular formula is C19H30BrN. The highest BCUT2D eigenvalue weighted by Gasteiger charge is 2.37. The molecule has 1 aliphatic rings. The van der Waals surface area contributed by atoms with E-state index >= 15 is 0 Å². The number of hydrogen-bond acceptors (Lipinski definition) is 1. The molecule has 1 heterocycles. The highest BCUT2D eigenvalue weighted by atomic mass is 79.9. The van der Waals surface area contributed by atoms with E-state index in [1.165, 1.54) is 61.5 Å². The van der Waals surface area contributed by atoms with E-state index in [0.717, 1.165) is 6.54 Å². The Balaban J connectivity index is 2.02. The quantitative estimate of drug-likeness (QED) is 0.603. The van der Waals surface area contributed by atoms with Gasteiger partial charge in [-0.15, -0.1) is 0 Å². The van der Waals surface area contributed by atoms with Gasteiger partial charge in [-0.2, -0.15) is 0 Å². The first-order chi connectivity index (χ1) is 10.2. The average Bonchev–Trinajstić information content (AvgIpc) is 2.48. The van der Waals surface area contributed by atoms with Crippen LogP contribution in [0.15, 0.2) is 28.7 Å². The number of hydrogen-bond donors (Lipinski definition) is 1. The van der Waals surface area contributed by atoms with Crippen LogP contribution in [-0.4, -0.2) is 13.1 Å². The zero-order valence-electron chi connectivity index (χ0n) is 13.6. The van der Waals surface area contributed by atoms with Gasteiger partial charge in [0.05, 0.1) is 0 Å². The van der Waals surface area contributed by atoms with Crippen molar-refractivity contribution in [3.05, 3.63) is 34.3 Å². The second-order valence-electron chi connectivity index (χ2n) is 6.85. The van der Waals surface area contributed by atoms with E-state index in [-0.39, 0.29) is 0 Å². The maximum absolute atomic E-state index is 3.76. The lowest BCUT2D eigenvalue weighted by Gasteiger charge is -2.43. The van der Waals surface area contributed by atoms with Crippen molar-refractivity contribution in [1.29, 1.82) is 0 Å². The molecule has 2 atom stereocenters. The zero-order valence-corrected chi connectivity index (χ0v) is 15.2. The summed E-state index contributed by atoms with van der Waals surface area (Å²) in [4.78, 5) is 0. The van der Waals surface area contributed by atoms with Gasteiger partial charge >= 0.3 is 0 Å². The highest BCUT2D eigenvalue weighted by molar-refractivity contribution is 9.10. The van der Waals surface area contributed by atoms with E-state index in [2.05, 4.69) is 59.4 Å². The van der Waals surface area contributed by atoms with Gasteiger partial charge in [0, 0.05) is 16.9 Å². The lowest BCUT2D eigenvalue weighted by molar-refractivity contribution is 0.166. The fourth-order valence-corrected chi connectivity index (χ4v) is 4.28. The third kappa shape index (κ3) is 4.56. The van der Waals surface area contributed by atoms with Crippen molar-refractivity contribution in [3.8, 4) is 0 Å². The first kappa shape index (κ1) is 17.0. The summed E-state index contributed by atoms with van der Waals surface area (Å²) in [5.74, 6) is 0.632. The summed E-state index contributed by atoms with van der Waals surface area (Å²) in [5, 5.41) is 3.61. The predicted molar refractivity (Wildman–Crippen MR) is 95.9 cm³/mol. The van der Waals surface area contributed by atoms with Gasteiger partial charge in [0.2, 0.25) is 0 Å². The molecule has 1 N–H and O–H groups in total. The molecule has 21 heavy (non-hydrogen) atoms. The number of piperidine rings is 1. The predicted octanol–water partition coefficient (Wildman–Crippen LogP) is 5.89. The summed E-state index contributed by atoms with van der Waals surface area (Å²) in [7, 11) is 0. The van der Waals surface area contributed by atoms with Gasteiger partial charge < -0.3 is 5.32 Å². The Hall–Kier alpha value is -0.340. The Morgan fingerprint density at radius 1 is 1.19 bits per heavy atom. The van der Waals surface area contributed by atoms with Crippen molar-refractivity contribution >= 4 is 15.9 Å². The molecule has 0 saturated carbocycles. The van der Waals surface area contributed by atoms with Crippen molar-refractivity contribution in [2.24, 2.45) is 5.41 Å². The van der Waals surface area contributed by atoms with Crippen LogP contribution < -0.4 is 5.32 Å². The summed E-state index contributed by atoms with van der Waals surface area (Å²) in [6, 6.07) is 8.78. The molecule has 0 bridgehead atoms. The van der Waals surface area contributed by atoms with Gasteiger partial charge in [-0.1, -0.05) is 80.1 Å². The van der Waals surface area contributed by atoms with Crippen LogP contribution in [0.2, 0.25) is 0 Å². The average molecular weight is 352 g/mol. The summed E-state index contributed by atoms with van der Waals surface area (Å²) >= 11 is 3.76. The molecule has 0 spiro atoms. The van der Waals surface area contributed by atoms with Gasteiger partial charge in [-0.05, 0) is 36.4 Å². The summed E-state index contributed by atoms with van der Waals surface area (Å²) < 4.78 is 1.27. The van der Waals surface area contributed by atoms with E-state index in [1.54, 1.807) is 0 Å². The minimum atomic E-state index is 0.446. The minimum absolute atomic E-state index is 0.446. The molecule has 1 aliphatic heterocycles. The lowest BCUT2D eigenvalue weighted by atomic mass is 9.66. The largest absolute Gasteiger partial charge is 0.316 e. The molecule has 1 aromatic carbocycles. The molecule has 2 unspecified atom stereocenters. The molecule has 0 radical (unpaired) electrons. The van der Waals surface area contributed by atoms with E-state index in [9.17, 15) is 0 Å². The highest BCUT2D eigenvalue weighted by Crippen LogP contribution is 2.46. The van der Waals surface area contributed by atoms with Crippen LogP contribution in [0.3, 0.4) is 0 Å². The number of unbranched alkanes of at least 4 members (excludes halogenated alkanes) is 4. The fourth-order valence-electron chi connectivity index (χ4n) is 3.72. The van der Waals surface area contributed by atoms with Crippen LogP contribution in [0, 0.1) is 5.41 Å². The molecule has 1 saturated heterocycles. The normalized spacial score (nSPS) is 26.0. The van der Waals surface area contributed by atoms with Crippen molar-refractivity contribution in [3.63, 3.8) is 0 Å². The molecule has 1 nitrogen and oxygen atoms in total. The molecule has 118 valence electrons.